The van der Waals surface area contributed by atoms with Gasteiger partial charge in [0.15, 0.2) is 5.13 Å². The van der Waals surface area contributed by atoms with Crippen molar-refractivity contribution in [1.29, 1.82) is 0 Å². The Morgan fingerprint density at radius 2 is 1.76 bits per heavy atom. The van der Waals surface area contributed by atoms with Crippen LogP contribution in [0.15, 0.2) is 52.3 Å². The third-order valence-corrected chi connectivity index (χ3v) is 9.98. The van der Waals surface area contributed by atoms with Crippen molar-refractivity contribution < 1.29 is 17.9 Å². The lowest BCUT2D eigenvalue weighted by Crippen LogP contribution is -2.40. The van der Waals surface area contributed by atoms with Crippen LogP contribution in [-0.4, -0.2) is 87.3 Å². The Kier molecular flexibility index (Phi) is 10.8. The van der Waals surface area contributed by atoms with E-state index >= 15 is 0 Å². The molecule has 1 saturated heterocycles. The molecule has 12 heteroatoms. The number of benzene rings is 2. The van der Waals surface area contributed by atoms with E-state index in [1.807, 2.05) is 18.4 Å². The minimum atomic E-state index is -3.62. The summed E-state index contributed by atoms with van der Waals surface area (Å²) < 4.78 is 33.7. The first-order chi connectivity index (χ1) is 17.4. The first-order valence-electron chi connectivity index (χ1n) is 12.0. The van der Waals surface area contributed by atoms with Gasteiger partial charge in [0.05, 0.1) is 28.3 Å². The van der Waals surface area contributed by atoms with Crippen LogP contribution in [0.2, 0.25) is 0 Å². The summed E-state index contributed by atoms with van der Waals surface area (Å²) in [5.74, 6) is -0.193. The standard InChI is InChI=1S/C25H32N4O4S3.ClH/c1-4-27(5-2)12-13-29(25-26-22-11-8-20(34-3)18-23(22)35-25)24(30)19-6-9-21(10-7-19)36(31,32)28-14-16-33-17-15-28;/h6-11,18H,4-5,12-17H2,1-3H3;1H. The number of anilines is 1. The van der Waals surface area contributed by atoms with Crippen molar-refractivity contribution in [2.45, 2.75) is 23.6 Å². The fourth-order valence-electron chi connectivity index (χ4n) is 4.06. The van der Waals surface area contributed by atoms with Crippen molar-refractivity contribution in [3.63, 3.8) is 0 Å². The maximum Gasteiger partial charge on any atom is 0.260 e. The Labute approximate surface area is 233 Å². The highest BCUT2D eigenvalue weighted by Crippen LogP contribution is 2.32. The van der Waals surface area contributed by atoms with E-state index in [0.29, 0.717) is 50.1 Å². The number of likely N-dealkylation sites (N-methyl/N-ethyl adjacent to an activating group) is 1. The van der Waals surface area contributed by atoms with E-state index in [9.17, 15) is 13.2 Å². The predicted octanol–water partition coefficient (Wildman–Crippen LogP) is 4.45. The fraction of sp³-hybridized carbons (Fsp3) is 0.440. The molecule has 1 aliphatic heterocycles. The van der Waals surface area contributed by atoms with Gasteiger partial charge in [-0.1, -0.05) is 25.2 Å². The number of halogens is 1. The smallest absolute Gasteiger partial charge is 0.260 e. The van der Waals surface area contributed by atoms with Crippen molar-refractivity contribution in [2.24, 2.45) is 0 Å². The van der Waals surface area contributed by atoms with Crippen LogP contribution in [0, 0.1) is 0 Å². The second kappa shape index (κ2) is 13.4. The van der Waals surface area contributed by atoms with Crippen LogP contribution in [-0.2, 0) is 14.8 Å². The number of carbonyl (C=O) groups excluding carboxylic acids is 1. The van der Waals surface area contributed by atoms with Crippen LogP contribution in [0.3, 0.4) is 0 Å². The number of morpholine rings is 1. The number of hydrogen-bond donors (Lipinski definition) is 0. The molecule has 3 aromatic rings. The zero-order valence-electron chi connectivity index (χ0n) is 21.3. The maximum absolute atomic E-state index is 13.7. The molecule has 8 nitrogen and oxygen atoms in total. The normalized spacial score (nSPS) is 14.6. The molecular formula is C25H33ClN4O4S3. The minimum absolute atomic E-state index is 0. The highest BCUT2D eigenvalue weighted by Gasteiger charge is 2.27. The molecule has 0 spiro atoms. The summed E-state index contributed by atoms with van der Waals surface area (Å²) in [4.78, 5) is 23.8. The summed E-state index contributed by atoms with van der Waals surface area (Å²) in [6.45, 7) is 8.63. The van der Waals surface area contributed by atoms with Crippen molar-refractivity contribution in [2.75, 3.05) is 63.6 Å². The van der Waals surface area contributed by atoms with Gasteiger partial charge in [-0.05, 0) is 61.8 Å². The molecule has 0 radical (unpaired) electrons. The molecule has 0 atom stereocenters. The molecule has 202 valence electrons. The number of hydrogen-bond acceptors (Lipinski definition) is 8. The van der Waals surface area contributed by atoms with E-state index in [4.69, 9.17) is 9.72 Å². The third-order valence-electron chi connectivity index (χ3n) is 6.30. The Morgan fingerprint density at radius 1 is 1.08 bits per heavy atom. The molecule has 1 aliphatic rings. The molecular weight excluding hydrogens is 552 g/mol. The Hall–Kier alpha value is -1.73. The van der Waals surface area contributed by atoms with Crippen molar-refractivity contribution in [1.82, 2.24) is 14.2 Å². The number of nitrogens with zero attached hydrogens (tertiary/aromatic N) is 4. The lowest BCUT2D eigenvalue weighted by molar-refractivity contribution is 0.0730. The number of sulfonamides is 1. The molecule has 2 heterocycles. The molecule has 0 aliphatic carbocycles. The zero-order valence-corrected chi connectivity index (χ0v) is 24.5. The highest BCUT2D eigenvalue weighted by molar-refractivity contribution is 7.98. The van der Waals surface area contributed by atoms with Gasteiger partial charge < -0.3 is 9.64 Å². The fourth-order valence-corrected chi connectivity index (χ4v) is 7.01. The molecule has 4 rings (SSSR count). The Balaban J connectivity index is 0.00000380. The average molecular weight is 585 g/mol. The van der Waals surface area contributed by atoms with Gasteiger partial charge in [-0.2, -0.15) is 4.31 Å². The van der Waals surface area contributed by atoms with Gasteiger partial charge in [-0.3, -0.25) is 9.69 Å². The first-order valence-corrected chi connectivity index (χ1v) is 15.5. The number of ether oxygens (including phenoxy) is 1. The third kappa shape index (κ3) is 6.83. The van der Waals surface area contributed by atoms with E-state index < -0.39 is 10.0 Å². The van der Waals surface area contributed by atoms with Crippen LogP contribution in [0.25, 0.3) is 10.2 Å². The number of fused-ring (bicyclic) bond motifs is 1. The van der Waals surface area contributed by atoms with Gasteiger partial charge in [0.1, 0.15) is 0 Å². The molecule has 0 bridgehead atoms. The van der Waals surface area contributed by atoms with Gasteiger partial charge in [-0.15, -0.1) is 24.2 Å². The second-order valence-electron chi connectivity index (χ2n) is 8.35. The van der Waals surface area contributed by atoms with Crippen molar-refractivity contribution >= 4 is 66.8 Å². The monoisotopic (exact) mass is 584 g/mol. The number of aromatic nitrogens is 1. The Bertz CT molecular complexity index is 1290. The van der Waals surface area contributed by atoms with Crippen LogP contribution in [0.5, 0.6) is 0 Å². The summed E-state index contributed by atoms with van der Waals surface area (Å²) >= 11 is 3.17. The van der Waals surface area contributed by atoms with Gasteiger partial charge in [0, 0.05) is 36.6 Å². The molecule has 1 amide bonds. The van der Waals surface area contributed by atoms with Crippen LogP contribution < -0.4 is 4.90 Å². The van der Waals surface area contributed by atoms with E-state index in [1.54, 1.807) is 28.8 Å². The summed E-state index contributed by atoms with van der Waals surface area (Å²) in [7, 11) is -3.62. The second-order valence-corrected chi connectivity index (χ2v) is 12.2. The minimum Gasteiger partial charge on any atom is -0.379 e. The summed E-state index contributed by atoms with van der Waals surface area (Å²) in [5.41, 5.74) is 1.29. The molecule has 1 aromatic heterocycles. The van der Waals surface area contributed by atoms with Crippen LogP contribution in [0.1, 0.15) is 24.2 Å². The maximum atomic E-state index is 13.7. The van der Waals surface area contributed by atoms with Gasteiger partial charge >= 0.3 is 0 Å². The molecule has 37 heavy (non-hydrogen) atoms. The van der Waals surface area contributed by atoms with Crippen LogP contribution >= 0.6 is 35.5 Å². The summed E-state index contributed by atoms with van der Waals surface area (Å²) in [6.07, 6.45) is 2.03. The number of carbonyl (C=O) groups is 1. The average Bonchev–Trinajstić information content (AvgIpc) is 3.34. The van der Waals surface area contributed by atoms with Gasteiger partial charge in [0.25, 0.3) is 5.91 Å². The summed E-state index contributed by atoms with van der Waals surface area (Å²) in [6, 6.07) is 12.3. The van der Waals surface area contributed by atoms with E-state index in [2.05, 4.69) is 24.8 Å². The molecule has 0 saturated carbocycles. The first kappa shape index (κ1) is 29.8. The quantitative estimate of drug-likeness (QED) is 0.326. The van der Waals surface area contributed by atoms with Gasteiger partial charge in [-0.25, -0.2) is 13.4 Å². The van der Waals surface area contributed by atoms with E-state index in [1.165, 1.54) is 27.8 Å². The summed E-state index contributed by atoms with van der Waals surface area (Å²) in [5, 5.41) is 0.644. The molecule has 2 aromatic carbocycles. The number of thiazole rings is 1. The van der Waals surface area contributed by atoms with Crippen molar-refractivity contribution in [3.05, 3.63) is 48.0 Å². The molecule has 0 N–H and O–H groups in total. The number of rotatable bonds is 10. The van der Waals surface area contributed by atoms with E-state index in [-0.39, 0.29) is 23.2 Å². The number of thioether (sulfide) groups is 1. The zero-order chi connectivity index (χ0) is 25.7. The largest absolute Gasteiger partial charge is 0.379 e. The highest BCUT2D eigenvalue weighted by atomic mass is 35.5. The van der Waals surface area contributed by atoms with Crippen LogP contribution in [0.4, 0.5) is 5.13 Å². The molecule has 0 unspecified atom stereocenters. The number of amides is 1. The topological polar surface area (TPSA) is 83.1 Å². The van der Waals surface area contributed by atoms with Gasteiger partial charge in [0.2, 0.25) is 10.0 Å². The SMILES string of the molecule is CCN(CC)CCN(C(=O)c1ccc(S(=O)(=O)N2CCOCC2)cc1)c1nc2ccc(SC)cc2s1.Cl. The lowest BCUT2D eigenvalue weighted by Gasteiger charge is -2.26. The molecule has 1 fully saturated rings. The predicted molar refractivity (Wildman–Crippen MR) is 154 cm³/mol. The van der Waals surface area contributed by atoms with Crippen molar-refractivity contribution in [3.8, 4) is 0 Å². The lowest BCUT2D eigenvalue weighted by atomic mass is 10.2. The van der Waals surface area contributed by atoms with E-state index in [0.717, 1.165) is 28.2 Å². The Morgan fingerprint density at radius 3 is 2.38 bits per heavy atom.